The molecule has 0 saturated carbocycles. The third-order valence-electron chi connectivity index (χ3n) is 12.5. The predicted molar refractivity (Wildman–Crippen MR) is 281 cm³/mol. The van der Waals surface area contributed by atoms with Gasteiger partial charge in [0.15, 0.2) is 0 Å². The molecule has 0 unspecified atom stereocenters. The standard InChI is InChI=1S/C63H60N4O.Pt/c1-40-20-18-21-41(2)59(40)44-28-31-55-57(33-44)65(39-66(55)60-52(62(7,8)9)34-45(61(4,5)6)35-53(60)63(10,11)12)46-24-19-25-47(36-46)68-48-29-30-50-49-26-16-17-27-54(49)67(56(50)37-48)58-32-42(3)51(38-64-58)43-22-14-13-15-23-43;/h13-35,38H,1-12H3;/q-2;/i1D3,2D3,3D3,13D,14D,15D,22D,23D;. The summed E-state index contributed by atoms with van der Waals surface area (Å²) in [4.78, 5) is 4.70. The molecule has 0 aliphatic heterocycles. The van der Waals surface area contributed by atoms with Gasteiger partial charge in [0.25, 0.3) is 6.33 Å². The van der Waals surface area contributed by atoms with Gasteiger partial charge in [0.1, 0.15) is 5.82 Å². The molecule has 10 rings (SSSR count). The molecule has 6 heteroatoms. The molecule has 3 aromatic heterocycles. The molecular formula is C63H60N4OPt-2. The molecule has 5 nitrogen and oxygen atoms in total. The normalized spacial score (nSPS) is 15.7. The number of aromatic nitrogens is 4. The number of pyridine rings is 1. The van der Waals surface area contributed by atoms with Crippen LogP contribution >= 0.6 is 0 Å². The zero-order chi connectivity index (χ0) is 59.7. The van der Waals surface area contributed by atoms with Gasteiger partial charge >= 0.3 is 0 Å². The molecule has 0 amide bonds. The van der Waals surface area contributed by atoms with Crippen molar-refractivity contribution in [1.82, 2.24) is 14.1 Å². The van der Waals surface area contributed by atoms with Crippen LogP contribution in [-0.2, 0) is 37.3 Å². The summed E-state index contributed by atoms with van der Waals surface area (Å²) in [6.07, 6.45) is 4.92. The number of rotatable bonds is 7. The number of para-hydroxylation sites is 1. The Hall–Kier alpha value is -6.55. The van der Waals surface area contributed by atoms with Gasteiger partial charge in [-0.25, -0.2) is 4.98 Å². The quantitative estimate of drug-likeness (QED) is 0.118. The maximum absolute atomic E-state index is 8.66. The van der Waals surface area contributed by atoms with Gasteiger partial charge in [-0.2, -0.15) is 18.2 Å². The van der Waals surface area contributed by atoms with Crippen molar-refractivity contribution in [2.75, 3.05) is 0 Å². The molecular weight excluding hydrogens is 1020 g/mol. The van der Waals surface area contributed by atoms with Crippen molar-refractivity contribution in [1.29, 1.82) is 0 Å². The van der Waals surface area contributed by atoms with Crippen molar-refractivity contribution in [2.24, 2.45) is 0 Å². The van der Waals surface area contributed by atoms with Crippen molar-refractivity contribution in [2.45, 2.75) is 99.1 Å². The van der Waals surface area contributed by atoms with Gasteiger partial charge in [-0.15, -0.1) is 29.7 Å². The minimum absolute atomic E-state index is 0. The fourth-order valence-electron chi connectivity index (χ4n) is 8.99. The Balaban J connectivity index is 0.00000828. The molecule has 0 saturated heterocycles. The molecule has 0 aliphatic rings. The van der Waals surface area contributed by atoms with Crippen LogP contribution in [0.1, 0.15) is 115 Å². The van der Waals surface area contributed by atoms with Crippen molar-refractivity contribution in [3.05, 3.63) is 197 Å². The molecule has 69 heavy (non-hydrogen) atoms. The van der Waals surface area contributed by atoms with Gasteiger partial charge in [-0.05, 0) is 116 Å². The second-order valence-electron chi connectivity index (χ2n) is 20.4. The summed E-state index contributed by atoms with van der Waals surface area (Å²) >= 11 is 0. The van der Waals surface area contributed by atoms with Gasteiger partial charge in [0, 0.05) is 62.2 Å². The molecule has 3 heterocycles. The number of hydrogen-bond donors (Lipinski definition) is 0. The van der Waals surface area contributed by atoms with E-state index in [1.54, 1.807) is 28.8 Å². The van der Waals surface area contributed by atoms with Crippen LogP contribution in [0, 0.1) is 39.0 Å². The van der Waals surface area contributed by atoms with Crippen LogP contribution in [0.25, 0.3) is 72.3 Å². The van der Waals surface area contributed by atoms with Gasteiger partial charge in [0.2, 0.25) is 0 Å². The van der Waals surface area contributed by atoms with Crippen molar-refractivity contribution >= 4 is 32.8 Å². The molecule has 0 atom stereocenters. The van der Waals surface area contributed by atoms with Crippen LogP contribution in [0.5, 0.6) is 11.5 Å². The Morgan fingerprint density at radius 3 is 1.99 bits per heavy atom. The Morgan fingerprint density at radius 1 is 0.623 bits per heavy atom. The summed E-state index contributed by atoms with van der Waals surface area (Å²) in [7, 11) is 0. The summed E-state index contributed by atoms with van der Waals surface area (Å²) in [6.45, 7) is 11.6. The average molecular weight is 1100 g/mol. The summed E-state index contributed by atoms with van der Waals surface area (Å²) in [5.74, 6) is 0.706. The third kappa shape index (κ3) is 8.76. The number of aryl methyl sites for hydroxylation is 3. The zero-order valence-electron chi connectivity index (χ0n) is 54.0. The summed E-state index contributed by atoms with van der Waals surface area (Å²) in [5.41, 5.74) is 5.84. The van der Waals surface area contributed by atoms with Crippen molar-refractivity contribution in [3.8, 4) is 50.9 Å². The Bertz CT molecular complexity index is 4130. The second kappa shape index (κ2) is 17.8. The molecule has 0 N–H and O–H groups in total. The van der Waals surface area contributed by atoms with Crippen LogP contribution in [0.2, 0.25) is 0 Å². The summed E-state index contributed by atoms with van der Waals surface area (Å²) < 4.78 is 131. The number of imidazole rings is 1. The largest absolute Gasteiger partial charge is 0.510 e. The molecule has 0 spiro atoms. The van der Waals surface area contributed by atoms with Crippen LogP contribution in [0.15, 0.2) is 146 Å². The van der Waals surface area contributed by atoms with E-state index in [-0.39, 0.29) is 88.0 Å². The molecule has 0 fully saturated rings. The number of fused-ring (bicyclic) bond motifs is 4. The molecule has 0 radical (unpaired) electrons. The monoisotopic (exact) mass is 1100 g/mol. The minimum Gasteiger partial charge on any atom is -0.510 e. The first-order chi connectivity index (χ1) is 38.0. The Labute approximate surface area is 442 Å². The maximum Gasteiger partial charge on any atom is 0.268 e. The number of ether oxygens (including phenoxy) is 1. The van der Waals surface area contributed by atoms with Gasteiger partial charge < -0.3 is 13.9 Å². The van der Waals surface area contributed by atoms with Crippen LogP contribution in [0.4, 0.5) is 0 Å². The van der Waals surface area contributed by atoms with E-state index < -0.39 is 50.8 Å². The van der Waals surface area contributed by atoms with Crippen LogP contribution in [0.3, 0.4) is 0 Å². The van der Waals surface area contributed by atoms with E-state index in [1.165, 1.54) is 36.0 Å². The van der Waals surface area contributed by atoms with E-state index in [0.717, 1.165) is 27.6 Å². The van der Waals surface area contributed by atoms with Gasteiger partial charge in [0.05, 0.1) is 23.6 Å². The number of hydrogen-bond acceptors (Lipinski definition) is 2. The Kier molecular flexibility index (Phi) is 8.51. The number of benzene rings is 7. The SMILES string of the molecule is [2H]c1c([2H])c([2H])c(-c2cnc(-n3c4[c-]c(Oc5[c-]c(-n6[c-][n+](-c7c(C(C)(C)C)cc(C(C)(C)C)cc7C(C)(C)C)c7ccc(-c8c(C([2H])([2H])[2H])cccc8C([2H])([2H])[2H])cc76)ccc5)ccc4c4ccccc43)cc2C([2H])([2H])[2H])c([2H])c1[2H].[Pt]. The summed E-state index contributed by atoms with van der Waals surface area (Å²) in [6, 6.07) is 36.2. The fourth-order valence-corrected chi connectivity index (χ4v) is 8.99. The van der Waals surface area contributed by atoms with E-state index in [1.807, 2.05) is 57.7 Å². The average Bonchev–Trinajstić information content (AvgIpc) is 3.24. The fraction of sp³-hybridized carbons (Fsp3) is 0.238. The predicted octanol–water partition coefficient (Wildman–Crippen LogP) is 15.7. The second-order valence-corrected chi connectivity index (χ2v) is 20.4. The molecule has 7 aromatic carbocycles. The van der Waals surface area contributed by atoms with E-state index in [4.69, 9.17) is 28.9 Å². The van der Waals surface area contributed by atoms with Crippen LogP contribution < -0.4 is 9.30 Å². The maximum atomic E-state index is 8.66. The van der Waals surface area contributed by atoms with E-state index in [0.29, 0.717) is 33.3 Å². The first-order valence-electron chi connectivity index (χ1n) is 29.6. The molecule has 350 valence electrons. The topological polar surface area (TPSA) is 35.9 Å². The van der Waals surface area contributed by atoms with Crippen molar-refractivity contribution in [3.63, 3.8) is 0 Å². The van der Waals surface area contributed by atoms with Gasteiger partial charge in [-0.1, -0.05) is 159 Å². The number of nitrogens with zero attached hydrogens (tertiary/aromatic N) is 4. The Morgan fingerprint density at radius 2 is 1.30 bits per heavy atom. The molecule has 10 aromatic rings. The first kappa shape index (κ1) is 33.1. The molecule has 0 aliphatic carbocycles. The smallest absolute Gasteiger partial charge is 0.268 e. The van der Waals surface area contributed by atoms with E-state index in [2.05, 4.69) is 92.9 Å². The van der Waals surface area contributed by atoms with Crippen LogP contribution in [-0.4, -0.2) is 14.1 Å². The van der Waals surface area contributed by atoms with E-state index in [9.17, 15) is 0 Å². The van der Waals surface area contributed by atoms with E-state index >= 15 is 0 Å². The first-order valence-corrected chi connectivity index (χ1v) is 22.6. The van der Waals surface area contributed by atoms with Gasteiger partial charge in [-0.3, -0.25) is 4.57 Å². The minimum atomic E-state index is -2.81. The van der Waals surface area contributed by atoms with Crippen molar-refractivity contribution < 1.29 is 49.6 Å². The third-order valence-corrected chi connectivity index (χ3v) is 12.5. The summed E-state index contributed by atoms with van der Waals surface area (Å²) in [5, 5.41) is 1.54. The zero-order valence-corrected chi connectivity index (χ0v) is 42.3. The molecule has 0 bridgehead atoms.